The van der Waals surface area contributed by atoms with Crippen molar-refractivity contribution in [1.82, 2.24) is 15.3 Å². The molecule has 0 saturated carbocycles. The highest BCUT2D eigenvalue weighted by atomic mass is 16.5. The molecule has 3 heterocycles. The standard InChI is InChI=1S/C29H35N3O5/c1-17(2)29(27(35)36)19(4)32-18(3)28(26(33)34,11-12-37-5)25(29)23-15-30-16-24-22(23)13-21(14-31-24)20-9-7-6-8-10-20/h6-10,13-19,25,32H,11-12H2,1-5H3,(H,33,34)(H,35,36). The summed E-state index contributed by atoms with van der Waals surface area (Å²) in [6, 6.07) is 10.7. The van der Waals surface area contributed by atoms with Gasteiger partial charge in [-0.05, 0) is 43.4 Å². The van der Waals surface area contributed by atoms with Gasteiger partial charge in [-0.2, -0.15) is 0 Å². The van der Waals surface area contributed by atoms with E-state index in [9.17, 15) is 19.8 Å². The van der Waals surface area contributed by atoms with Crippen LogP contribution in [0.15, 0.2) is 55.0 Å². The second-order valence-electron chi connectivity index (χ2n) is 10.4. The van der Waals surface area contributed by atoms with Gasteiger partial charge in [0.15, 0.2) is 0 Å². The molecule has 3 aromatic rings. The molecule has 0 spiro atoms. The van der Waals surface area contributed by atoms with Gasteiger partial charge in [0.1, 0.15) is 0 Å². The summed E-state index contributed by atoms with van der Waals surface area (Å²) in [6.45, 7) is 7.54. The molecule has 1 saturated heterocycles. The fourth-order valence-corrected chi connectivity index (χ4v) is 6.64. The molecule has 1 aromatic carbocycles. The molecule has 196 valence electrons. The quantitative estimate of drug-likeness (QED) is 0.406. The average molecular weight is 506 g/mol. The molecule has 0 aliphatic carbocycles. The lowest BCUT2D eigenvalue weighted by Gasteiger charge is -2.59. The van der Waals surface area contributed by atoms with E-state index in [0.29, 0.717) is 16.5 Å². The van der Waals surface area contributed by atoms with E-state index in [-0.39, 0.29) is 13.0 Å². The third kappa shape index (κ3) is 4.08. The van der Waals surface area contributed by atoms with Gasteiger partial charge >= 0.3 is 11.9 Å². The SMILES string of the molecule is COCCC1(C(=O)O)C(C)NC(C)C(C(=O)O)(C(C)C)C1c1cncc2ncc(-c3ccccc3)cc12. The molecule has 0 bridgehead atoms. The zero-order valence-corrected chi connectivity index (χ0v) is 21.9. The number of piperidine rings is 1. The van der Waals surface area contributed by atoms with Crippen LogP contribution in [0.5, 0.6) is 0 Å². The Morgan fingerprint density at radius 3 is 2.32 bits per heavy atom. The molecule has 37 heavy (non-hydrogen) atoms. The van der Waals surface area contributed by atoms with Crippen LogP contribution in [0.4, 0.5) is 0 Å². The molecular formula is C29H35N3O5. The van der Waals surface area contributed by atoms with E-state index >= 15 is 0 Å². The number of carboxylic acid groups (broad SMARTS) is 2. The molecule has 1 aliphatic rings. The minimum atomic E-state index is -1.48. The minimum absolute atomic E-state index is 0.133. The lowest BCUT2D eigenvalue weighted by molar-refractivity contribution is -0.178. The molecule has 8 nitrogen and oxygen atoms in total. The van der Waals surface area contributed by atoms with Crippen molar-refractivity contribution in [2.45, 2.75) is 52.1 Å². The molecule has 3 N–H and O–H groups in total. The Labute approximate surface area is 217 Å². The summed E-state index contributed by atoms with van der Waals surface area (Å²) in [6.07, 6.45) is 5.17. The van der Waals surface area contributed by atoms with Crippen LogP contribution < -0.4 is 5.32 Å². The number of nitrogens with zero attached hydrogens (tertiary/aromatic N) is 2. The van der Waals surface area contributed by atoms with Crippen LogP contribution in [0.1, 0.15) is 45.6 Å². The second kappa shape index (κ2) is 10.2. The van der Waals surface area contributed by atoms with Crippen molar-refractivity contribution in [3.05, 3.63) is 60.6 Å². The van der Waals surface area contributed by atoms with Gasteiger partial charge in [0.05, 0.1) is 22.5 Å². The number of nitrogens with one attached hydrogen (secondary N) is 1. The van der Waals surface area contributed by atoms with Gasteiger partial charge in [-0.25, -0.2) is 0 Å². The Balaban J connectivity index is 2.12. The number of hydrogen-bond acceptors (Lipinski definition) is 6. The number of aromatic nitrogens is 2. The van der Waals surface area contributed by atoms with Gasteiger partial charge < -0.3 is 20.3 Å². The highest BCUT2D eigenvalue weighted by molar-refractivity contribution is 5.90. The van der Waals surface area contributed by atoms with E-state index in [4.69, 9.17) is 4.74 Å². The Morgan fingerprint density at radius 2 is 1.73 bits per heavy atom. The van der Waals surface area contributed by atoms with Crippen LogP contribution >= 0.6 is 0 Å². The highest BCUT2D eigenvalue weighted by Gasteiger charge is 2.68. The molecule has 1 fully saturated rings. The number of carboxylic acids is 2. The third-order valence-electron chi connectivity index (χ3n) is 8.48. The first-order valence-corrected chi connectivity index (χ1v) is 12.6. The van der Waals surface area contributed by atoms with Gasteiger partial charge in [-0.15, -0.1) is 0 Å². The van der Waals surface area contributed by atoms with Gasteiger partial charge in [0.25, 0.3) is 0 Å². The fraction of sp³-hybridized carbons (Fsp3) is 0.448. The highest BCUT2D eigenvalue weighted by Crippen LogP contribution is 2.60. The molecule has 0 radical (unpaired) electrons. The predicted octanol–water partition coefficient (Wildman–Crippen LogP) is 4.60. The van der Waals surface area contributed by atoms with Crippen LogP contribution in [0.25, 0.3) is 22.0 Å². The average Bonchev–Trinajstić information content (AvgIpc) is 2.87. The summed E-state index contributed by atoms with van der Waals surface area (Å²) in [7, 11) is 1.52. The Kier molecular flexibility index (Phi) is 7.35. The van der Waals surface area contributed by atoms with Gasteiger partial charge in [0, 0.05) is 55.1 Å². The van der Waals surface area contributed by atoms with Crippen molar-refractivity contribution in [3.8, 4) is 11.1 Å². The number of fused-ring (bicyclic) bond motifs is 1. The molecule has 2 aromatic heterocycles. The smallest absolute Gasteiger partial charge is 0.312 e. The maximum atomic E-state index is 13.3. The fourth-order valence-electron chi connectivity index (χ4n) is 6.64. The van der Waals surface area contributed by atoms with E-state index in [1.807, 2.05) is 64.1 Å². The summed E-state index contributed by atoms with van der Waals surface area (Å²) in [5.41, 5.74) is 0.0619. The number of ether oxygens (including phenoxy) is 1. The maximum Gasteiger partial charge on any atom is 0.312 e. The molecule has 5 unspecified atom stereocenters. The number of aliphatic carboxylic acids is 2. The van der Waals surface area contributed by atoms with Gasteiger partial charge in [-0.1, -0.05) is 44.2 Å². The van der Waals surface area contributed by atoms with Crippen molar-refractivity contribution >= 4 is 22.8 Å². The number of hydrogen-bond donors (Lipinski definition) is 3. The molecular weight excluding hydrogens is 470 g/mol. The minimum Gasteiger partial charge on any atom is -0.481 e. The van der Waals surface area contributed by atoms with Crippen LogP contribution in [0.2, 0.25) is 0 Å². The first-order valence-electron chi connectivity index (χ1n) is 12.6. The molecule has 0 amide bonds. The zero-order chi connectivity index (χ0) is 27.0. The lowest BCUT2D eigenvalue weighted by Crippen LogP contribution is -2.71. The number of pyridine rings is 2. The Morgan fingerprint density at radius 1 is 1.03 bits per heavy atom. The van der Waals surface area contributed by atoms with Crippen molar-refractivity contribution in [2.75, 3.05) is 13.7 Å². The van der Waals surface area contributed by atoms with Crippen LogP contribution in [-0.4, -0.2) is 57.9 Å². The van der Waals surface area contributed by atoms with Crippen LogP contribution in [0, 0.1) is 16.7 Å². The normalized spacial score (nSPS) is 27.9. The first-order chi connectivity index (χ1) is 17.6. The lowest BCUT2D eigenvalue weighted by atomic mass is 9.47. The Hall–Kier alpha value is -3.36. The summed E-state index contributed by atoms with van der Waals surface area (Å²) >= 11 is 0. The van der Waals surface area contributed by atoms with Crippen molar-refractivity contribution < 1.29 is 24.5 Å². The van der Waals surface area contributed by atoms with E-state index < -0.39 is 46.7 Å². The van der Waals surface area contributed by atoms with E-state index in [2.05, 4.69) is 15.3 Å². The molecule has 5 atom stereocenters. The van der Waals surface area contributed by atoms with Crippen molar-refractivity contribution in [2.24, 2.45) is 16.7 Å². The topological polar surface area (TPSA) is 122 Å². The number of rotatable bonds is 8. The predicted molar refractivity (Wildman–Crippen MR) is 141 cm³/mol. The summed E-state index contributed by atoms with van der Waals surface area (Å²) in [5, 5.41) is 25.8. The number of methoxy groups -OCH3 is 1. The second-order valence-corrected chi connectivity index (χ2v) is 10.4. The summed E-state index contributed by atoms with van der Waals surface area (Å²) in [4.78, 5) is 35.7. The van der Waals surface area contributed by atoms with E-state index in [0.717, 1.165) is 11.1 Å². The molecule has 4 rings (SSSR count). The number of carbonyl (C=O) groups is 2. The van der Waals surface area contributed by atoms with Gasteiger partial charge in [0.2, 0.25) is 0 Å². The van der Waals surface area contributed by atoms with Crippen LogP contribution in [-0.2, 0) is 14.3 Å². The summed E-state index contributed by atoms with van der Waals surface area (Å²) < 4.78 is 5.37. The van der Waals surface area contributed by atoms with Crippen LogP contribution in [0.3, 0.4) is 0 Å². The monoisotopic (exact) mass is 505 g/mol. The van der Waals surface area contributed by atoms with Crippen molar-refractivity contribution in [3.63, 3.8) is 0 Å². The largest absolute Gasteiger partial charge is 0.481 e. The number of benzene rings is 1. The van der Waals surface area contributed by atoms with Gasteiger partial charge in [-0.3, -0.25) is 19.6 Å². The summed E-state index contributed by atoms with van der Waals surface area (Å²) in [5.74, 6) is -3.41. The first kappa shape index (κ1) is 26.7. The van der Waals surface area contributed by atoms with E-state index in [1.165, 1.54) is 7.11 Å². The Bertz CT molecular complexity index is 1300. The molecule has 8 heteroatoms. The third-order valence-corrected chi connectivity index (χ3v) is 8.48. The van der Waals surface area contributed by atoms with Crippen molar-refractivity contribution in [1.29, 1.82) is 0 Å². The maximum absolute atomic E-state index is 13.3. The molecule has 1 aliphatic heterocycles. The van der Waals surface area contributed by atoms with E-state index in [1.54, 1.807) is 18.6 Å². The zero-order valence-electron chi connectivity index (χ0n) is 21.9.